The number of hydrogen-bond donors (Lipinski definition) is 1. The Hall–Kier alpha value is -3.61. The van der Waals surface area contributed by atoms with Crippen LogP contribution >= 0.6 is 23.2 Å². The van der Waals surface area contributed by atoms with Crippen LogP contribution in [-0.4, -0.2) is 20.9 Å². The average molecular weight is 505 g/mol. The van der Waals surface area contributed by atoms with E-state index in [0.717, 1.165) is 22.3 Å². The third kappa shape index (κ3) is 4.67. The topological polar surface area (TPSA) is 73.0 Å². The summed E-state index contributed by atoms with van der Waals surface area (Å²) in [5, 5.41) is 13.0. The molecule has 1 amide bonds. The average Bonchev–Trinajstić information content (AvgIpc) is 3.49. The Labute approximate surface area is 212 Å². The number of hydrogen-bond acceptors (Lipinski definition) is 4. The zero-order valence-electron chi connectivity index (χ0n) is 19.3. The molecule has 0 aliphatic heterocycles. The van der Waals surface area contributed by atoms with Gasteiger partial charge in [0.25, 0.3) is 5.91 Å². The number of nitrogens with zero attached hydrogens (tertiary/aromatic N) is 3. The Morgan fingerprint density at radius 3 is 2.31 bits per heavy atom. The lowest BCUT2D eigenvalue weighted by molar-refractivity contribution is 0.0997. The third-order valence-corrected chi connectivity index (χ3v) is 6.54. The lowest BCUT2D eigenvalue weighted by atomic mass is 10.0. The van der Waals surface area contributed by atoms with Gasteiger partial charge in [-0.05, 0) is 78.6 Å². The van der Waals surface area contributed by atoms with Gasteiger partial charge in [-0.1, -0.05) is 49.2 Å². The van der Waals surface area contributed by atoms with E-state index in [0.29, 0.717) is 32.9 Å². The van der Waals surface area contributed by atoms with Crippen molar-refractivity contribution in [2.45, 2.75) is 26.7 Å². The monoisotopic (exact) mass is 504 g/mol. The van der Waals surface area contributed by atoms with E-state index in [2.05, 4.69) is 41.5 Å². The number of amides is 1. The van der Waals surface area contributed by atoms with Crippen molar-refractivity contribution in [3.05, 3.63) is 93.7 Å². The van der Waals surface area contributed by atoms with Gasteiger partial charge in [-0.3, -0.25) is 4.79 Å². The highest BCUT2D eigenvalue weighted by Gasteiger charge is 2.16. The molecule has 35 heavy (non-hydrogen) atoms. The fraction of sp³-hybridized carbons (Fsp3) is 0.148. The maximum absolute atomic E-state index is 12.9. The molecule has 6 nitrogen and oxygen atoms in total. The number of furan rings is 1. The van der Waals surface area contributed by atoms with Gasteiger partial charge in [0, 0.05) is 11.3 Å². The summed E-state index contributed by atoms with van der Waals surface area (Å²) in [6.07, 6.45) is 0. The summed E-state index contributed by atoms with van der Waals surface area (Å²) < 4.78 is 5.77. The molecule has 8 heteroatoms. The molecule has 176 valence electrons. The van der Waals surface area contributed by atoms with Crippen LogP contribution in [0.1, 0.15) is 41.4 Å². The maximum Gasteiger partial charge on any atom is 0.291 e. The minimum atomic E-state index is -0.365. The van der Waals surface area contributed by atoms with E-state index in [1.165, 1.54) is 5.56 Å². The number of anilines is 1. The molecule has 0 aliphatic carbocycles. The van der Waals surface area contributed by atoms with Gasteiger partial charge in [-0.25, -0.2) is 0 Å². The number of nitrogens with one attached hydrogen (secondary N) is 1. The van der Waals surface area contributed by atoms with Gasteiger partial charge in [0.2, 0.25) is 0 Å². The normalized spacial score (nSPS) is 11.4. The summed E-state index contributed by atoms with van der Waals surface area (Å²) >= 11 is 12.1. The van der Waals surface area contributed by atoms with Gasteiger partial charge in [-0.15, -0.1) is 10.2 Å². The lowest BCUT2D eigenvalue weighted by Crippen LogP contribution is -2.11. The van der Waals surface area contributed by atoms with Gasteiger partial charge in [0.15, 0.2) is 5.76 Å². The highest BCUT2D eigenvalue weighted by Crippen LogP contribution is 2.30. The maximum atomic E-state index is 12.9. The van der Waals surface area contributed by atoms with Crippen molar-refractivity contribution in [3.63, 3.8) is 0 Å². The predicted octanol–water partition coefficient (Wildman–Crippen LogP) is 7.67. The Morgan fingerprint density at radius 2 is 1.63 bits per heavy atom. The van der Waals surface area contributed by atoms with E-state index >= 15 is 0 Å². The fourth-order valence-corrected chi connectivity index (χ4v) is 4.06. The highest BCUT2D eigenvalue weighted by atomic mass is 35.5. The van der Waals surface area contributed by atoms with E-state index in [9.17, 15) is 4.79 Å². The van der Waals surface area contributed by atoms with E-state index in [-0.39, 0.29) is 11.7 Å². The number of aryl methyl sites for hydroxylation is 1. The first kappa shape index (κ1) is 23.1. The van der Waals surface area contributed by atoms with Crippen molar-refractivity contribution in [2.75, 3.05) is 5.32 Å². The quantitative estimate of drug-likeness (QED) is 0.266. The third-order valence-electron chi connectivity index (χ3n) is 5.80. The van der Waals surface area contributed by atoms with Crippen LogP contribution < -0.4 is 5.32 Å². The summed E-state index contributed by atoms with van der Waals surface area (Å²) in [5.74, 6) is 0.791. The van der Waals surface area contributed by atoms with Crippen molar-refractivity contribution >= 4 is 45.8 Å². The summed E-state index contributed by atoms with van der Waals surface area (Å²) in [6, 6.07) is 20.4. The molecule has 2 aromatic heterocycles. The number of benzene rings is 3. The molecule has 5 aromatic rings. The minimum Gasteiger partial charge on any atom is -0.451 e. The predicted molar refractivity (Wildman–Crippen MR) is 140 cm³/mol. The molecule has 3 aromatic carbocycles. The second-order valence-corrected chi connectivity index (χ2v) is 9.45. The molecule has 0 aliphatic rings. The van der Waals surface area contributed by atoms with Crippen molar-refractivity contribution in [3.8, 4) is 17.0 Å². The minimum absolute atomic E-state index is 0.180. The Bertz CT molecular complexity index is 1550. The smallest absolute Gasteiger partial charge is 0.291 e. The highest BCUT2D eigenvalue weighted by molar-refractivity contribution is 6.42. The molecule has 2 heterocycles. The molecule has 0 unspecified atom stereocenters. The number of carbonyl (C=O) groups excluding carboxylic acids is 1. The van der Waals surface area contributed by atoms with Crippen molar-refractivity contribution in [1.82, 2.24) is 15.0 Å². The van der Waals surface area contributed by atoms with Crippen LogP contribution in [0.15, 0.2) is 71.1 Å². The first-order valence-corrected chi connectivity index (χ1v) is 11.9. The molecule has 0 atom stereocenters. The number of rotatable bonds is 5. The molecule has 0 saturated heterocycles. The lowest BCUT2D eigenvalue weighted by Gasteiger charge is -2.06. The number of carbonyl (C=O) groups is 1. The second-order valence-electron chi connectivity index (χ2n) is 8.64. The Kier molecular flexibility index (Phi) is 6.09. The van der Waals surface area contributed by atoms with Crippen molar-refractivity contribution in [1.29, 1.82) is 0 Å². The molecule has 0 saturated carbocycles. The van der Waals surface area contributed by atoms with Crippen LogP contribution in [0, 0.1) is 6.92 Å². The first-order chi connectivity index (χ1) is 16.8. The van der Waals surface area contributed by atoms with Gasteiger partial charge in [-0.2, -0.15) is 4.80 Å². The Morgan fingerprint density at radius 1 is 0.914 bits per heavy atom. The molecular formula is C27H22Cl2N4O2. The summed E-state index contributed by atoms with van der Waals surface area (Å²) in [4.78, 5) is 14.5. The molecular weight excluding hydrogens is 483 g/mol. The largest absolute Gasteiger partial charge is 0.451 e. The Balaban J connectivity index is 1.38. The molecule has 0 bridgehead atoms. The van der Waals surface area contributed by atoms with Crippen molar-refractivity contribution < 1.29 is 9.21 Å². The van der Waals surface area contributed by atoms with Gasteiger partial charge in [0.05, 0.1) is 15.7 Å². The number of aromatic nitrogens is 3. The van der Waals surface area contributed by atoms with Crippen LogP contribution in [0.3, 0.4) is 0 Å². The molecule has 0 spiro atoms. The zero-order valence-corrected chi connectivity index (χ0v) is 20.9. The van der Waals surface area contributed by atoms with Gasteiger partial charge in [0.1, 0.15) is 16.8 Å². The van der Waals surface area contributed by atoms with Crippen LogP contribution in [-0.2, 0) is 0 Å². The van der Waals surface area contributed by atoms with Crippen molar-refractivity contribution in [2.24, 2.45) is 0 Å². The molecule has 1 N–H and O–H groups in total. The standard InChI is InChI=1S/C27H22Cl2N4O2/c1-15(2)17-4-7-19(8-5-17)33-31-23-12-16(3)22(14-24(23)32-33)30-27(34)26-11-10-25(35-26)18-6-9-20(28)21(29)13-18/h4-15H,1-3H3,(H,30,34). The van der Waals surface area contributed by atoms with E-state index in [4.69, 9.17) is 27.6 Å². The fourth-order valence-electron chi connectivity index (χ4n) is 3.76. The SMILES string of the molecule is Cc1cc2nn(-c3ccc(C(C)C)cc3)nc2cc1NC(=O)c1ccc(-c2ccc(Cl)c(Cl)c2)o1. The molecule has 5 rings (SSSR count). The molecule has 0 fully saturated rings. The van der Waals surface area contributed by atoms with Gasteiger partial charge < -0.3 is 9.73 Å². The van der Waals surface area contributed by atoms with Crippen LogP contribution in [0.5, 0.6) is 0 Å². The van der Waals surface area contributed by atoms with Gasteiger partial charge >= 0.3 is 0 Å². The second kappa shape index (κ2) is 9.21. The first-order valence-electron chi connectivity index (χ1n) is 11.1. The van der Waals surface area contributed by atoms with Crippen LogP contribution in [0.4, 0.5) is 5.69 Å². The summed E-state index contributed by atoms with van der Waals surface area (Å²) in [6.45, 7) is 6.23. The number of fused-ring (bicyclic) bond motifs is 1. The van der Waals surface area contributed by atoms with Crippen LogP contribution in [0.25, 0.3) is 28.0 Å². The summed E-state index contributed by atoms with van der Waals surface area (Å²) in [5.41, 5.74) is 5.78. The summed E-state index contributed by atoms with van der Waals surface area (Å²) in [7, 11) is 0. The number of halogens is 2. The van der Waals surface area contributed by atoms with E-state index in [1.807, 2.05) is 31.2 Å². The molecule has 0 radical (unpaired) electrons. The van der Waals surface area contributed by atoms with Crippen LogP contribution in [0.2, 0.25) is 10.0 Å². The van der Waals surface area contributed by atoms with E-state index < -0.39 is 0 Å². The zero-order chi connectivity index (χ0) is 24.7. The van der Waals surface area contributed by atoms with E-state index in [1.54, 1.807) is 35.1 Å².